The van der Waals surface area contributed by atoms with E-state index in [9.17, 15) is 0 Å². The molecular formula is C15H28N2O. The summed E-state index contributed by atoms with van der Waals surface area (Å²) in [5.41, 5.74) is 0.436. The van der Waals surface area contributed by atoms with E-state index in [0.29, 0.717) is 23.6 Å². The number of fused-ring (bicyclic) bond motifs is 1. The van der Waals surface area contributed by atoms with Gasteiger partial charge in [-0.15, -0.1) is 0 Å². The molecule has 3 nitrogen and oxygen atoms in total. The lowest BCUT2D eigenvalue weighted by atomic mass is 9.86. The van der Waals surface area contributed by atoms with Crippen LogP contribution >= 0.6 is 0 Å². The standard InChI is InChI=1S/C15H28N2O/c1-15(2)8-7-12(14(15)16-3)17-9-10-18-13-6-4-5-11(13)17/h11-14,16H,4-10H2,1-3H3. The molecule has 4 unspecified atom stereocenters. The second-order valence-electron chi connectivity index (χ2n) is 7.01. The topological polar surface area (TPSA) is 24.5 Å². The summed E-state index contributed by atoms with van der Waals surface area (Å²) < 4.78 is 5.95. The van der Waals surface area contributed by atoms with Crippen LogP contribution in [0.1, 0.15) is 46.0 Å². The molecule has 3 fully saturated rings. The zero-order chi connectivity index (χ0) is 12.8. The SMILES string of the molecule is CNC1C(N2CCOC3CCCC32)CCC1(C)C. The van der Waals surface area contributed by atoms with Gasteiger partial charge >= 0.3 is 0 Å². The van der Waals surface area contributed by atoms with Crippen molar-refractivity contribution in [2.24, 2.45) is 5.41 Å². The molecule has 1 saturated heterocycles. The summed E-state index contributed by atoms with van der Waals surface area (Å²) in [6.07, 6.45) is 7.20. The van der Waals surface area contributed by atoms with Crippen LogP contribution in [0.25, 0.3) is 0 Å². The largest absolute Gasteiger partial charge is 0.375 e. The van der Waals surface area contributed by atoms with Gasteiger partial charge in [0.2, 0.25) is 0 Å². The minimum absolute atomic E-state index is 0.436. The third-order valence-electron chi connectivity index (χ3n) is 5.57. The predicted molar refractivity (Wildman–Crippen MR) is 73.7 cm³/mol. The number of hydrogen-bond donors (Lipinski definition) is 1. The molecule has 0 bridgehead atoms. The minimum atomic E-state index is 0.436. The van der Waals surface area contributed by atoms with Gasteiger partial charge in [0.25, 0.3) is 0 Å². The molecular weight excluding hydrogens is 224 g/mol. The van der Waals surface area contributed by atoms with E-state index in [1.165, 1.54) is 32.1 Å². The molecule has 3 rings (SSSR count). The Morgan fingerprint density at radius 2 is 2.00 bits per heavy atom. The van der Waals surface area contributed by atoms with E-state index in [0.717, 1.165) is 19.2 Å². The summed E-state index contributed by atoms with van der Waals surface area (Å²) in [6, 6.07) is 2.06. The van der Waals surface area contributed by atoms with Crippen LogP contribution in [0.5, 0.6) is 0 Å². The van der Waals surface area contributed by atoms with Gasteiger partial charge < -0.3 is 10.1 Å². The van der Waals surface area contributed by atoms with Crippen molar-refractivity contribution in [3.05, 3.63) is 0 Å². The van der Waals surface area contributed by atoms with Crippen LogP contribution in [0, 0.1) is 5.41 Å². The fourth-order valence-electron chi connectivity index (χ4n) is 4.67. The van der Waals surface area contributed by atoms with Gasteiger partial charge in [-0.05, 0) is 44.6 Å². The van der Waals surface area contributed by atoms with Crippen molar-refractivity contribution in [1.29, 1.82) is 0 Å². The second-order valence-corrected chi connectivity index (χ2v) is 7.01. The lowest BCUT2D eigenvalue weighted by Crippen LogP contribution is -2.58. The molecule has 0 radical (unpaired) electrons. The number of ether oxygens (including phenoxy) is 1. The third-order valence-corrected chi connectivity index (χ3v) is 5.57. The monoisotopic (exact) mass is 252 g/mol. The summed E-state index contributed by atoms with van der Waals surface area (Å²) in [5.74, 6) is 0. The molecule has 0 amide bonds. The Labute approximate surface area is 111 Å². The Morgan fingerprint density at radius 1 is 1.17 bits per heavy atom. The molecule has 1 heterocycles. The van der Waals surface area contributed by atoms with Crippen molar-refractivity contribution < 1.29 is 4.74 Å². The molecule has 3 aliphatic rings. The number of nitrogens with one attached hydrogen (secondary N) is 1. The molecule has 2 saturated carbocycles. The van der Waals surface area contributed by atoms with Gasteiger partial charge in [0.05, 0.1) is 12.7 Å². The molecule has 2 aliphatic carbocycles. The highest BCUT2D eigenvalue weighted by molar-refractivity contribution is 5.04. The molecule has 18 heavy (non-hydrogen) atoms. The van der Waals surface area contributed by atoms with Crippen LogP contribution in [0.4, 0.5) is 0 Å². The van der Waals surface area contributed by atoms with Gasteiger partial charge in [0, 0.05) is 24.7 Å². The second kappa shape index (κ2) is 4.77. The Bertz CT molecular complexity index is 305. The van der Waals surface area contributed by atoms with Crippen LogP contribution in [0.3, 0.4) is 0 Å². The van der Waals surface area contributed by atoms with Gasteiger partial charge in [-0.25, -0.2) is 0 Å². The zero-order valence-electron chi connectivity index (χ0n) is 12.1. The van der Waals surface area contributed by atoms with Gasteiger partial charge in [-0.1, -0.05) is 13.8 Å². The molecule has 104 valence electrons. The van der Waals surface area contributed by atoms with Crippen LogP contribution in [0.15, 0.2) is 0 Å². The molecule has 0 aromatic rings. The molecule has 1 aliphatic heterocycles. The Hall–Kier alpha value is -0.120. The van der Waals surface area contributed by atoms with E-state index in [2.05, 4.69) is 31.1 Å². The lowest BCUT2D eigenvalue weighted by Gasteiger charge is -2.44. The first kappa shape index (κ1) is 12.9. The maximum atomic E-state index is 5.95. The molecule has 0 aromatic heterocycles. The van der Waals surface area contributed by atoms with E-state index in [-0.39, 0.29) is 0 Å². The Morgan fingerprint density at radius 3 is 2.78 bits per heavy atom. The smallest absolute Gasteiger partial charge is 0.0731 e. The fourth-order valence-corrected chi connectivity index (χ4v) is 4.67. The first-order valence-electron chi connectivity index (χ1n) is 7.68. The molecule has 0 aromatic carbocycles. The summed E-state index contributed by atoms with van der Waals surface area (Å²) in [5, 5.41) is 3.60. The minimum Gasteiger partial charge on any atom is -0.375 e. The van der Waals surface area contributed by atoms with Crippen LogP contribution in [-0.2, 0) is 4.74 Å². The van der Waals surface area contributed by atoms with E-state index in [1.54, 1.807) is 0 Å². The van der Waals surface area contributed by atoms with Crippen molar-refractivity contribution in [3.8, 4) is 0 Å². The number of hydrogen-bond acceptors (Lipinski definition) is 3. The molecule has 1 N–H and O–H groups in total. The number of morpholine rings is 1. The molecule has 0 spiro atoms. The van der Waals surface area contributed by atoms with Crippen LogP contribution < -0.4 is 5.32 Å². The highest BCUT2D eigenvalue weighted by Crippen LogP contribution is 2.42. The number of nitrogens with zero attached hydrogens (tertiary/aromatic N) is 1. The van der Waals surface area contributed by atoms with E-state index >= 15 is 0 Å². The van der Waals surface area contributed by atoms with Crippen molar-refractivity contribution in [3.63, 3.8) is 0 Å². The van der Waals surface area contributed by atoms with E-state index in [4.69, 9.17) is 4.74 Å². The van der Waals surface area contributed by atoms with Gasteiger partial charge in [-0.3, -0.25) is 4.90 Å². The molecule has 4 atom stereocenters. The van der Waals surface area contributed by atoms with Crippen LogP contribution in [-0.4, -0.2) is 49.3 Å². The summed E-state index contributed by atoms with van der Waals surface area (Å²) in [6.45, 7) is 6.91. The maximum absolute atomic E-state index is 5.95. The third kappa shape index (κ3) is 2.00. The fraction of sp³-hybridized carbons (Fsp3) is 1.00. The van der Waals surface area contributed by atoms with Gasteiger partial charge in [0.15, 0.2) is 0 Å². The van der Waals surface area contributed by atoms with Crippen molar-refractivity contribution >= 4 is 0 Å². The molecule has 3 heteroatoms. The summed E-state index contributed by atoms with van der Waals surface area (Å²) in [4.78, 5) is 2.79. The maximum Gasteiger partial charge on any atom is 0.0731 e. The Balaban J connectivity index is 1.77. The number of likely N-dealkylation sites (N-methyl/N-ethyl adjacent to an activating group) is 1. The lowest BCUT2D eigenvalue weighted by molar-refractivity contribution is -0.0758. The van der Waals surface area contributed by atoms with Crippen molar-refractivity contribution in [1.82, 2.24) is 10.2 Å². The Kier molecular flexibility index (Phi) is 3.41. The van der Waals surface area contributed by atoms with Crippen molar-refractivity contribution in [2.75, 3.05) is 20.2 Å². The summed E-state index contributed by atoms with van der Waals surface area (Å²) in [7, 11) is 2.14. The quantitative estimate of drug-likeness (QED) is 0.814. The van der Waals surface area contributed by atoms with Gasteiger partial charge in [0.1, 0.15) is 0 Å². The van der Waals surface area contributed by atoms with Gasteiger partial charge in [-0.2, -0.15) is 0 Å². The highest BCUT2D eigenvalue weighted by atomic mass is 16.5. The first-order chi connectivity index (χ1) is 8.63. The van der Waals surface area contributed by atoms with Crippen LogP contribution in [0.2, 0.25) is 0 Å². The highest BCUT2D eigenvalue weighted by Gasteiger charge is 2.48. The predicted octanol–water partition coefficient (Wildman–Crippen LogP) is 2.02. The normalized spacial score (nSPS) is 44.2. The average Bonchev–Trinajstić information content (AvgIpc) is 2.92. The zero-order valence-corrected chi connectivity index (χ0v) is 12.1. The van der Waals surface area contributed by atoms with E-state index < -0.39 is 0 Å². The summed E-state index contributed by atoms with van der Waals surface area (Å²) >= 11 is 0. The average molecular weight is 252 g/mol. The first-order valence-corrected chi connectivity index (χ1v) is 7.68. The van der Waals surface area contributed by atoms with E-state index in [1.807, 2.05) is 0 Å². The van der Waals surface area contributed by atoms with Crippen molar-refractivity contribution in [2.45, 2.75) is 70.2 Å². The number of rotatable bonds is 2.